The van der Waals surface area contributed by atoms with Gasteiger partial charge in [-0.25, -0.2) is 0 Å². The van der Waals surface area contributed by atoms with E-state index in [0.29, 0.717) is 5.91 Å². The molecule has 3 aromatic carbocycles. The molecule has 3 nitrogen and oxygen atoms in total. The summed E-state index contributed by atoms with van der Waals surface area (Å²) in [5.74, 6) is 0.822. The number of rotatable bonds is 1. The van der Waals surface area contributed by atoms with Gasteiger partial charge in [-0.05, 0) is 60.6 Å². The van der Waals surface area contributed by atoms with E-state index in [1.54, 1.807) is 0 Å². The summed E-state index contributed by atoms with van der Waals surface area (Å²) < 4.78 is 0. The predicted octanol–water partition coefficient (Wildman–Crippen LogP) is 5.72. The Hall–Kier alpha value is -3.07. The molecule has 3 aromatic rings. The van der Waals surface area contributed by atoms with E-state index >= 15 is 0 Å². The summed E-state index contributed by atoms with van der Waals surface area (Å²) in [5, 5.41) is 0. The predicted molar refractivity (Wildman–Crippen MR) is 133 cm³/mol. The third kappa shape index (κ3) is 2.14. The van der Waals surface area contributed by atoms with Crippen LogP contribution in [0.2, 0.25) is 0 Å². The third-order valence-electron chi connectivity index (χ3n) is 9.20. The van der Waals surface area contributed by atoms with Crippen LogP contribution in [0.4, 0.5) is 11.4 Å². The van der Waals surface area contributed by atoms with Crippen molar-refractivity contribution in [2.45, 2.75) is 44.1 Å². The van der Waals surface area contributed by atoms with E-state index in [2.05, 4.69) is 103 Å². The Morgan fingerprint density at radius 2 is 1.45 bits per heavy atom. The van der Waals surface area contributed by atoms with Crippen molar-refractivity contribution in [1.29, 1.82) is 0 Å². The molecule has 3 aliphatic carbocycles. The van der Waals surface area contributed by atoms with Gasteiger partial charge in [0.15, 0.2) is 0 Å². The Labute approximate surface area is 196 Å². The summed E-state index contributed by atoms with van der Waals surface area (Å²) in [5.41, 5.74) is 7.40. The number of nitrogens with zero attached hydrogens (tertiary/aromatic N) is 2. The molecule has 2 bridgehead atoms. The Kier molecular flexibility index (Phi) is 3.69. The standard InChI is InChI=1S/C30H30N2O/c1-4-31-18-29(3)17-30-22-13-7-5-11-20(22)26(21-12-6-8-14-23(21)30)19(2)27(30)28(33)32(29)25-16-10-9-15-24(25)31/h5-16,19,26-27H,4,17-18H2,1-3H3/t19-,26?,27-,29+,30?/m0/s1. The van der Waals surface area contributed by atoms with Crippen LogP contribution >= 0.6 is 0 Å². The second-order valence-electron chi connectivity index (χ2n) is 10.8. The number of piperidine rings is 1. The van der Waals surface area contributed by atoms with Crippen LogP contribution in [0, 0.1) is 11.8 Å². The third-order valence-corrected chi connectivity index (χ3v) is 9.20. The molecule has 8 rings (SSSR count). The van der Waals surface area contributed by atoms with Crippen molar-refractivity contribution in [2.24, 2.45) is 11.8 Å². The number of fused-ring (bicyclic) bond motifs is 3. The van der Waals surface area contributed by atoms with E-state index in [-0.39, 0.29) is 28.7 Å². The maximum Gasteiger partial charge on any atom is 0.232 e. The van der Waals surface area contributed by atoms with Gasteiger partial charge in [-0.1, -0.05) is 67.6 Å². The lowest BCUT2D eigenvalue weighted by Crippen LogP contribution is -2.72. The minimum Gasteiger partial charge on any atom is -0.368 e. The minimum atomic E-state index is -0.276. The first-order valence-corrected chi connectivity index (χ1v) is 12.4. The van der Waals surface area contributed by atoms with Crippen LogP contribution < -0.4 is 9.80 Å². The zero-order valence-electron chi connectivity index (χ0n) is 19.6. The van der Waals surface area contributed by atoms with Crippen LogP contribution in [0.5, 0.6) is 0 Å². The monoisotopic (exact) mass is 434 g/mol. The molecule has 166 valence electrons. The van der Waals surface area contributed by atoms with E-state index < -0.39 is 0 Å². The molecular weight excluding hydrogens is 404 g/mol. The lowest BCUT2D eigenvalue weighted by molar-refractivity contribution is -0.132. The van der Waals surface area contributed by atoms with E-state index in [4.69, 9.17) is 0 Å². The van der Waals surface area contributed by atoms with E-state index in [1.165, 1.54) is 27.9 Å². The number of likely N-dealkylation sites (N-methyl/N-ethyl adjacent to an activating group) is 1. The Morgan fingerprint density at radius 3 is 2.09 bits per heavy atom. The van der Waals surface area contributed by atoms with Crippen LogP contribution in [-0.2, 0) is 10.2 Å². The highest BCUT2D eigenvalue weighted by atomic mass is 16.2. The normalized spacial score (nSPS) is 33.1. The fourth-order valence-electron chi connectivity index (χ4n) is 8.26. The summed E-state index contributed by atoms with van der Waals surface area (Å²) in [4.78, 5) is 19.3. The maximum absolute atomic E-state index is 14.7. The average Bonchev–Trinajstić information content (AvgIpc) is 2.83. The van der Waals surface area contributed by atoms with Crippen molar-refractivity contribution in [1.82, 2.24) is 0 Å². The number of para-hydroxylation sites is 2. The van der Waals surface area contributed by atoms with Gasteiger partial charge < -0.3 is 9.80 Å². The van der Waals surface area contributed by atoms with E-state index in [9.17, 15) is 4.79 Å². The summed E-state index contributed by atoms with van der Waals surface area (Å²) in [6.07, 6.45) is 0.951. The fourth-order valence-corrected chi connectivity index (χ4v) is 8.26. The van der Waals surface area contributed by atoms with Crippen molar-refractivity contribution < 1.29 is 4.79 Å². The molecule has 1 amide bonds. The van der Waals surface area contributed by atoms with Crippen LogP contribution in [0.15, 0.2) is 72.8 Å². The largest absolute Gasteiger partial charge is 0.368 e. The zero-order valence-corrected chi connectivity index (χ0v) is 19.6. The maximum atomic E-state index is 14.7. The number of hydrogen-bond donors (Lipinski definition) is 0. The first-order chi connectivity index (χ1) is 16.0. The molecule has 1 fully saturated rings. The van der Waals surface area contributed by atoms with Gasteiger partial charge in [-0.15, -0.1) is 0 Å². The number of hydrogen-bond acceptors (Lipinski definition) is 2. The van der Waals surface area contributed by atoms with Gasteiger partial charge in [0.2, 0.25) is 5.91 Å². The highest BCUT2D eigenvalue weighted by Gasteiger charge is 2.67. The summed E-state index contributed by atoms with van der Waals surface area (Å²) >= 11 is 0. The van der Waals surface area contributed by atoms with Crippen molar-refractivity contribution in [3.05, 3.63) is 95.1 Å². The molecule has 1 spiro atoms. The van der Waals surface area contributed by atoms with Crippen LogP contribution in [0.25, 0.3) is 0 Å². The molecule has 1 saturated heterocycles. The van der Waals surface area contributed by atoms with Crippen molar-refractivity contribution >= 4 is 17.3 Å². The topological polar surface area (TPSA) is 23.6 Å². The quantitative estimate of drug-likeness (QED) is 0.489. The molecule has 0 aromatic heterocycles. The van der Waals surface area contributed by atoms with Gasteiger partial charge in [0.05, 0.1) is 22.8 Å². The molecule has 2 heterocycles. The Bertz CT molecular complexity index is 1260. The molecule has 33 heavy (non-hydrogen) atoms. The second kappa shape index (κ2) is 6.28. The Morgan fingerprint density at radius 1 is 0.879 bits per heavy atom. The molecule has 3 heteroatoms. The minimum absolute atomic E-state index is 0.0402. The van der Waals surface area contributed by atoms with E-state index in [0.717, 1.165) is 25.2 Å². The number of amides is 1. The zero-order chi connectivity index (χ0) is 22.5. The summed E-state index contributed by atoms with van der Waals surface area (Å²) in [6, 6.07) is 26.5. The molecule has 0 saturated carbocycles. The van der Waals surface area contributed by atoms with Crippen molar-refractivity contribution in [3.63, 3.8) is 0 Å². The summed E-state index contributed by atoms with van der Waals surface area (Å²) in [6.45, 7) is 8.68. The molecule has 0 radical (unpaired) electrons. The van der Waals surface area contributed by atoms with Gasteiger partial charge in [0.25, 0.3) is 0 Å². The molecule has 5 aliphatic rings. The van der Waals surface area contributed by atoms with Gasteiger partial charge in [0, 0.05) is 24.4 Å². The van der Waals surface area contributed by atoms with Crippen molar-refractivity contribution in [3.8, 4) is 0 Å². The second-order valence-corrected chi connectivity index (χ2v) is 10.8. The SMILES string of the molecule is CCN1C[C@@]2(C)CC34c5ccccc5C(c5ccccc53)[C@H](C)[C@H]4C(=O)N2c2ccccc21. The lowest BCUT2D eigenvalue weighted by atomic mass is 9.43. The fraction of sp³-hybridized carbons (Fsp3) is 0.367. The molecule has 3 atom stereocenters. The van der Waals surface area contributed by atoms with Crippen molar-refractivity contribution in [2.75, 3.05) is 22.9 Å². The number of carbonyl (C=O) groups is 1. The average molecular weight is 435 g/mol. The van der Waals surface area contributed by atoms with Gasteiger partial charge >= 0.3 is 0 Å². The smallest absolute Gasteiger partial charge is 0.232 e. The first-order valence-electron chi connectivity index (χ1n) is 12.4. The van der Waals surface area contributed by atoms with E-state index in [1.807, 2.05) is 0 Å². The number of anilines is 2. The molecule has 2 aliphatic heterocycles. The van der Waals surface area contributed by atoms with Gasteiger partial charge in [0.1, 0.15) is 0 Å². The molecular formula is C30H30N2O. The summed E-state index contributed by atoms with van der Waals surface area (Å²) in [7, 11) is 0. The highest BCUT2D eigenvalue weighted by Crippen LogP contribution is 2.67. The number of benzene rings is 3. The highest BCUT2D eigenvalue weighted by molar-refractivity contribution is 6.04. The lowest BCUT2D eigenvalue weighted by Gasteiger charge is -2.66. The molecule has 0 N–H and O–H groups in total. The van der Waals surface area contributed by atoms with Crippen LogP contribution in [0.3, 0.4) is 0 Å². The van der Waals surface area contributed by atoms with Gasteiger partial charge in [-0.3, -0.25) is 4.79 Å². The first kappa shape index (κ1) is 19.4. The van der Waals surface area contributed by atoms with Gasteiger partial charge in [-0.2, -0.15) is 0 Å². The van der Waals surface area contributed by atoms with Crippen LogP contribution in [0.1, 0.15) is 55.4 Å². The molecule has 0 unspecified atom stereocenters. The van der Waals surface area contributed by atoms with Crippen LogP contribution in [-0.4, -0.2) is 24.5 Å². The Balaban J connectivity index is 1.53. The number of carbonyl (C=O) groups excluding carboxylic acids is 1.